The summed E-state index contributed by atoms with van der Waals surface area (Å²) in [6.07, 6.45) is 14.1. The Balaban J connectivity index is 1.51. The van der Waals surface area contributed by atoms with Crippen LogP contribution in [-0.4, -0.2) is 30.1 Å². The monoisotopic (exact) mass is 236 g/mol. The SMILES string of the molecule is NC1(CN2CCC3(CCCC3)CC2)CCCC1. The van der Waals surface area contributed by atoms with Gasteiger partial charge in [0.15, 0.2) is 0 Å². The highest BCUT2D eigenvalue weighted by Gasteiger charge is 2.39. The Labute approximate surface area is 106 Å². The molecule has 2 saturated carbocycles. The zero-order valence-electron chi connectivity index (χ0n) is 11.2. The normalized spacial score (nSPS) is 32.3. The smallest absolute Gasteiger partial charge is 0.0283 e. The number of hydrogen-bond donors (Lipinski definition) is 1. The molecule has 0 atom stereocenters. The Morgan fingerprint density at radius 1 is 0.765 bits per heavy atom. The van der Waals surface area contributed by atoms with Gasteiger partial charge in [-0.15, -0.1) is 0 Å². The van der Waals surface area contributed by atoms with Crippen molar-refractivity contribution in [3.8, 4) is 0 Å². The lowest BCUT2D eigenvalue weighted by atomic mass is 9.77. The van der Waals surface area contributed by atoms with Crippen molar-refractivity contribution in [2.24, 2.45) is 11.1 Å². The number of piperidine rings is 1. The van der Waals surface area contributed by atoms with Crippen LogP contribution in [-0.2, 0) is 0 Å². The van der Waals surface area contributed by atoms with E-state index < -0.39 is 0 Å². The van der Waals surface area contributed by atoms with E-state index in [1.54, 1.807) is 0 Å². The molecule has 0 aromatic heterocycles. The number of nitrogens with two attached hydrogens (primary N) is 1. The van der Waals surface area contributed by atoms with E-state index in [0.717, 1.165) is 5.41 Å². The van der Waals surface area contributed by atoms with E-state index in [2.05, 4.69) is 4.90 Å². The fourth-order valence-electron chi connectivity index (χ4n) is 4.49. The van der Waals surface area contributed by atoms with Crippen molar-refractivity contribution in [1.82, 2.24) is 4.90 Å². The lowest BCUT2D eigenvalue weighted by Gasteiger charge is -2.42. The van der Waals surface area contributed by atoms with Gasteiger partial charge in [-0.2, -0.15) is 0 Å². The van der Waals surface area contributed by atoms with Crippen molar-refractivity contribution in [3.63, 3.8) is 0 Å². The summed E-state index contributed by atoms with van der Waals surface area (Å²) in [6.45, 7) is 3.81. The Hall–Kier alpha value is -0.0800. The molecule has 3 rings (SSSR count). The third kappa shape index (κ3) is 2.53. The molecule has 2 nitrogen and oxygen atoms in total. The van der Waals surface area contributed by atoms with Crippen LogP contribution < -0.4 is 5.73 Å². The van der Waals surface area contributed by atoms with Crippen LogP contribution in [0.2, 0.25) is 0 Å². The summed E-state index contributed by atoms with van der Waals surface area (Å²) in [4.78, 5) is 2.66. The van der Waals surface area contributed by atoms with Crippen molar-refractivity contribution in [2.45, 2.75) is 69.7 Å². The summed E-state index contributed by atoms with van der Waals surface area (Å²) in [7, 11) is 0. The average Bonchev–Trinajstić information content (AvgIpc) is 2.93. The zero-order chi connectivity index (χ0) is 11.8. The summed E-state index contributed by atoms with van der Waals surface area (Å²) < 4.78 is 0. The molecule has 0 aromatic carbocycles. The van der Waals surface area contributed by atoms with Gasteiger partial charge < -0.3 is 10.6 Å². The molecule has 2 N–H and O–H groups in total. The molecule has 1 aliphatic heterocycles. The maximum Gasteiger partial charge on any atom is 0.0283 e. The molecule has 3 fully saturated rings. The minimum absolute atomic E-state index is 0.167. The molecule has 0 amide bonds. The highest BCUT2D eigenvalue weighted by Crippen LogP contribution is 2.46. The highest BCUT2D eigenvalue weighted by atomic mass is 15.2. The predicted octanol–water partition coefficient (Wildman–Crippen LogP) is 2.91. The first-order chi connectivity index (χ1) is 8.20. The van der Waals surface area contributed by atoms with E-state index in [9.17, 15) is 0 Å². The fourth-order valence-corrected chi connectivity index (χ4v) is 4.49. The molecule has 0 unspecified atom stereocenters. The second kappa shape index (κ2) is 4.55. The van der Waals surface area contributed by atoms with Gasteiger partial charge >= 0.3 is 0 Å². The van der Waals surface area contributed by atoms with E-state index in [4.69, 9.17) is 5.73 Å². The van der Waals surface area contributed by atoms with Gasteiger partial charge in [0, 0.05) is 12.1 Å². The van der Waals surface area contributed by atoms with Crippen LogP contribution in [0.15, 0.2) is 0 Å². The van der Waals surface area contributed by atoms with Gasteiger partial charge in [-0.1, -0.05) is 25.7 Å². The fraction of sp³-hybridized carbons (Fsp3) is 1.00. The standard InChI is InChI=1S/C15H28N2/c16-15(7-3-4-8-15)13-17-11-9-14(10-12-17)5-1-2-6-14/h1-13,16H2. The van der Waals surface area contributed by atoms with Crippen molar-refractivity contribution in [3.05, 3.63) is 0 Å². The van der Waals surface area contributed by atoms with Crippen LogP contribution in [0.4, 0.5) is 0 Å². The minimum Gasteiger partial charge on any atom is -0.324 e. The average molecular weight is 236 g/mol. The molecule has 2 aliphatic carbocycles. The molecule has 17 heavy (non-hydrogen) atoms. The zero-order valence-corrected chi connectivity index (χ0v) is 11.2. The summed E-state index contributed by atoms with van der Waals surface area (Å²) in [5.41, 5.74) is 7.42. The van der Waals surface area contributed by atoms with Gasteiger partial charge in [-0.25, -0.2) is 0 Å². The lowest BCUT2D eigenvalue weighted by Crippen LogP contribution is -2.51. The van der Waals surface area contributed by atoms with Crippen molar-refractivity contribution in [2.75, 3.05) is 19.6 Å². The molecule has 0 bridgehead atoms. The molecule has 3 aliphatic rings. The number of likely N-dealkylation sites (tertiary alicyclic amines) is 1. The summed E-state index contributed by atoms with van der Waals surface area (Å²) >= 11 is 0. The minimum atomic E-state index is 0.167. The van der Waals surface area contributed by atoms with Gasteiger partial charge in [0.25, 0.3) is 0 Å². The van der Waals surface area contributed by atoms with Crippen LogP contribution in [0.1, 0.15) is 64.2 Å². The predicted molar refractivity (Wildman–Crippen MR) is 72.0 cm³/mol. The van der Waals surface area contributed by atoms with Gasteiger partial charge in [-0.3, -0.25) is 0 Å². The van der Waals surface area contributed by atoms with Crippen LogP contribution in [0.25, 0.3) is 0 Å². The van der Waals surface area contributed by atoms with Crippen LogP contribution in [0.5, 0.6) is 0 Å². The summed E-state index contributed by atoms with van der Waals surface area (Å²) in [6, 6.07) is 0. The highest BCUT2D eigenvalue weighted by molar-refractivity contribution is 4.95. The van der Waals surface area contributed by atoms with E-state index in [0.29, 0.717) is 0 Å². The second-order valence-corrected chi connectivity index (χ2v) is 7.05. The first kappa shape index (κ1) is 12.0. The first-order valence-electron chi connectivity index (χ1n) is 7.71. The van der Waals surface area contributed by atoms with E-state index in [1.807, 2.05) is 0 Å². The number of hydrogen-bond acceptors (Lipinski definition) is 2. The maximum atomic E-state index is 6.49. The van der Waals surface area contributed by atoms with Crippen LogP contribution >= 0.6 is 0 Å². The topological polar surface area (TPSA) is 29.3 Å². The van der Waals surface area contributed by atoms with Gasteiger partial charge in [0.1, 0.15) is 0 Å². The van der Waals surface area contributed by atoms with E-state index in [1.165, 1.54) is 83.8 Å². The Kier molecular flexibility index (Phi) is 3.20. The van der Waals surface area contributed by atoms with Crippen molar-refractivity contribution < 1.29 is 0 Å². The molecule has 0 radical (unpaired) electrons. The van der Waals surface area contributed by atoms with Crippen molar-refractivity contribution in [1.29, 1.82) is 0 Å². The molecular formula is C15H28N2. The first-order valence-corrected chi connectivity index (χ1v) is 7.71. The van der Waals surface area contributed by atoms with E-state index >= 15 is 0 Å². The molecule has 2 heteroatoms. The van der Waals surface area contributed by atoms with Crippen LogP contribution in [0.3, 0.4) is 0 Å². The molecule has 0 aromatic rings. The third-order valence-corrected chi connectivity index (χ3v) is 5.72. The van der Waals surface area contributed by atoms with E-state index in [-0.39, 0.29) is 5.54 Å². The number of nitrogens with zero attached hydrogens (tertiary/aromatic N) is 1. The Morgan fingerprint density at radius 3 is 1.88 bits per heavy atom. The Bertz CT molecular complexity index is 252. The summed E-state index contributed by atoms with van der Waals surface area (Å²) in [5.74, 6) is 0. The van der Waals surface area contributed by atoms with Gasteiger partial charge in [0.05, 0.1) is 0 Å². The third-order valence-electron chi connectivity index (χ3n) is 5.72. The largest absolute Gasteiger partial charge is 0.324 e. The molecule has 1 saturated heterocycles. The van der Waals surface area contributed by atoms with Crippen LogP contribution in [0, 0.1) is 5.41 Å². The quantitative estimate of drug-likeness (QED) is 0.799. The lowest BCUT2D eigenvalue weighted by molar-refractivity contribution is 0.0902. The number of rotatable bonds is 2. The summed E-state index contributed by atoms with van der Waals surface area (Å²) in [5, 5.41) is 0. The maximum absolute atomic E-state index is 6.49. The molecular weight excluding hydrogens is 208 g/mol. The van der Waals surface area contributed by atoms with Gasteiger partial charge in [0.2, 0.25) is 0 Å². The van der Waals surface area contributed by atoms with Gasteiger partial charge in [-0.05, 0) is 57.0 Å². The Morgan fingerprint density at radius 2 is 1.29 bits per heavy atom. The molecule has 98 valence electrons. The molecule has 1 heterocycles. The second-order valence-electron chi connectivity index (χ2n) is 7.05. The molecule has 1 spiro atoms. The van der Waals surface area contributed by atoms with Crippen molar-refractivity contribution >= 4 is 0 Å².